The van der Waals surface area contributed by atoms with Gasteiger partial charge in [-0.25, -0.2) is 23.1 Å². The van der Waals surface area contributed by atoms with Crippen molar-refractivity contribution in [2.24, 2.45) is 0 Å². The molecule has 0 radical (unpaired) electrons. The van der Waals surface area contributed by atoms with E-state index in [0.717, 1.165) is 12.1 Å². The van der Waals surface area contributed by atoms with E-state index in [1.54, 1.807) is 0 Å². The molecule has 7 heteroatoms. The van der Waals surface area contributed by atoms with Crippen molar-refractivity contribution >= 4 is 0 Å². The van der Waals surface area contributed by atoms with Crippen LogP contribution in [0.3, 0.4) is 0 Å². The fourth-order valence-corrected chi connectivity index (χ4v) is 1.77. The zero-order valence-electron chi connectivity index (χ0n) is 9.94. The Morgan fingerprint density at radius 1 is 0.950 bits per heavy atom. The van der Waals surface area contributed by atoms with Crippen LogP contribution in [-0.4, -0.2) is 20.2 Å². The molecule has 0 fully saturated rings. The third-order valence-electron chi connectivity index (χ3n) is 2.76. The zero-order chi connectivity index (χ0) is 14.1. The summed E-state index contributed by atoms with van der Waals surface area (Å²) in [7, 11) is 0. The van der Waals surface area contributed by atoms with E-state index < -0.39 is 17.5 Å². The van der Waals surface area contributed by atoms with E-state index in [1.807, 2.05) is 0 Å². The Kier molecular flexibility index (Phi) is 2.94. The fraction of sp³-hybridized carbons (Fsp3) is 0. The number of halogens is 3. The lowest BCUT2D eigenvalue weighted by atomic mass is 10.1. The zero-order valence-corrected chi connectivity index (χ0v) is 9.94. The van der Waals surface area contributed by atoms with Crippen LogP contribution in [0.4, 0.5) is 13.2 Å². The van der Waals surface area contributed by atoms with Crippen LogP contribution in [0.15, 0.2) is 36.9 Å². The largest absolute Gasteiger partial charge is 0.277 e. The van der Waals surface area contributed by atoms with Gasteiger partial charge < -0.3 is 0 Å². The average molecular weight is 276 g/mol. The summed E-state index contributed by atoms with van der Waals surface area (Å²) in [6, 6.07) is 3.51. The molecule has 0 amide bonds. The van der Waals surface area contributed by atoms with Crippen molar-refractivity contribution in [3.8, 4) is 22.5 Å². The number of H-pyrrole nitrogens is 1. The Bertz CT molecular complexity index is 756. The minimum absolute atomic E-state index is 0.0977. The number of aromatic nitrogens is 4. The maximum absolute atomic E-state index is 13.7. The maximum atomic E-state index is 13.7. The quantitative estimate of drug-likeness (QED) is 0.732. The molecule has 3 rings (SSSR count). The van der Waals surface area contributed by atoms with Gasteiger partial charge in [-0.05, 0) is 18.2 Å². The second-order valence-electron chi connectivity index (χ2n) is 4.02. The van der Waals surface area contributed by atoms with Crippen molar-refractivity contribution in [3.05, 3.63) is 54.4 Å². The topological polar surface area (TPSA) is 54.5 Å². The third kappa shape index (κ3) is 2.03. The standard InChI is InChI=1S/C13H7F3N4/c14-9-2-1-8(12(15)13(9)16)11-3-10(19-20-11)7-4-17-6-18-5-7/h1-6H,(H,19,20). The number of hydrogen-bond donors (Lipinski definition) is 1. The summed E-state index contributed by atoms with van der Waals surface area (Å²) in [4.78, 5) is 7.68. The van der Waals surface area contributed by atoms with Crippen LogP contribution in [0, 0.1) is 17.5 Å². The van der Waals surface area contributed by atoms with Gasteiger partial charge in [0.1, 0.15) is 6.33 Å². The minimum atomic E-state index is -1.51. The highest BCUT2D eigenvalue weighted by Gasteiger charge is 2.16. The van der Waals surface area contributed by atoms with Crippen LogP contribution in [0.1, 0.15) is 0 Å². The molecule has 2 heterocycles. The van der Waals surface area contributed by atoms with Gasteiger partial charge in [-0.2, -0.15) is 5.10 Å². The van der Waals surface area contributed by atoms with Gasteiger partial charge >= 0.3 is 0 Å². The van der Waals surface area contributed by atoms with E-state index in [9.17, 15) is 13.2 Å². The van der Waals surface area contributed by atoms with Gasteiger partial charge in [0.2, 0.25) is 0 Å². The summed E-state index contributed by atoms with van der Waals surface area (Å²) in [5.41, 5.74) is 1.24. The third-order valence-corrected chi connectivity index (χ3v) is 2.76. The summed E-state index contributed by atoms with van der Waals surface area (Å²) >= 11 is 0. The van der Waals surface area contributed by atoms with E-state index in [-0.39, 0.29) is 11.3 Å². The van der Waals surface area contributed by atoms with E-state index in [2.05, 4.69) is 20.2 Å². The molecular weight excluding hydrogens is 269 g/mol. The van der Waals surface area contributed by atoms with Crippen molar-refractivity contribution in [2.75, 3.05) is 0 Å². The number of aromatic amines is 1. The Morgan fingerprint density at radius 2 is 1.70 bits per heavy atom. The normalized spacial score (nSPS) is 10.8. The molecule has 0 bridgehead atoms. The minimum Gasteiger partial charge on any atom is -0.277 e. The first-order valence-corrected chi connectivity index (χ1v) is 5.61. The first-order chi connectivity index (χ1) is 9.66. The molecule has 1 N–H and O–H groups in total. The summed E-state index contributed by atoms with van der Waals surface area (Å²) in [6.07, 6.45) is 4.44. The summed E-state index contributed by atoms with van der Waals surface area (Å²) in [6.45, 7) is 0. The highest BCUT2D eigenvalue weighted by molar-refractivity contribution is 5.67. The highest BCUT2D eigenvalue weighted by Crippen LogP contribution is 2.27. The molecule has 20 heavy (non-hydrogen) atoms. The molecule has 100 valence electrons. The molecule has 0 spiro atoms. The lowest BCUT2D eigenvalue weighted by molar-refractivity contribution is 0.449. The molecule has 0 atom stereocenters. The molecule has 0 aliphatic rings. The SMILES string of the molecule is Fc1ccc(-c2cc(-c3cncnc3)n[nH]2)c(F)c1F. The average Bonchev–Trinajstić information content (AvgIpc) is 2.95. The first kappa shape index (κ1) is 12.3. The van der Waals surface area contributed by atoms with E-state index in [1.165, 1.54) is 24.8 Å². The molecule has 1 aromatic carbocycles. The number of benzene rings is 1. The van der Waals surface area contributed by atoms with Crippen molar-refractivity contribution in [1.29, 1.82) is 0 Å². The lowest BCUT2D eigenvalue weighted by Gasteiger charge is -2.01. The van der Waals surface area contributed by atoms with Crippen LogP contribution in [0.25, 0.3) is 22.5 Å². The number of hydrogen-bond acceptors (Lipinski definition) is 3. The Balaban J connectivity index is 2.05. The van der Waals surface area contributed by atoms with Crippen LogP contribution in [0.5, 0.6) is 0 Å². The van der Waals surface area contributed by atoms with Gasteiger partial charge in [0, 0.05) is 23.5 Å². The summed E-state index contributed by atoms with van der Waals surface area (Å²) < 4.78 is 39.8. The van der Waals surface area contributed by atoms with E-state index in [0.29, 0.717) is 11.3 Å². The number of nitrogens with zero attached hydrogens (tertiary/aromatic N) is 3. The van der Waals surface area contributed by atoms with Crippen LogP contribution >= 0.6 is 0 Å². The lowest BCUT2D eigenvalue weighted by Crippen LogP contribution is -1.93. The molecular formula is C13H7F3N4. The smallest absolute Gasteiger partial charge is 0.195 e. The van der Waals surface area contributed by atoms with Crippen molar-refractivity contribution in [2.45, 2.75) is 0 Å². The molecule has 0 saturated heterocycles. The molecule has 4 nitrogen and oxygen atoms in total. The second kappa shape index (κ2) is 4.76. The first-order valence-electron chi connectivity index (χ1n) is 5.61. The summed E-state index contributed by atoms with van der Waals surface area (Å²) in [5.74, 6) is -4.01. The second-order valence-corrected chi connectivity index (χ2v) is 4.02. The number of rotatable bonds is 2. The van der Waals surface area contributed by atoms with Crippen LogP contribution in [0.2, 0.25) is 0 Å². The van der Waals surface area contributed by atoms with Gasteiger partial charge in [0.15, 0.2) is 17.5 Å². The summed E-state index contributed by atoms with van der Waals surface area (Å²) in [5, 5.41) is 6.54. The molecule has 0 aliphatic heterocycles. The predicted molar refractivity (Wildman–Crippen MR) is 64.9 cm³/mol. The van der Waals surface area contributed by atoms with Crippen molar-refractivity contribution < 1.29 is 13.2 Å². The van der Waals surface area contributed by atoms with Crippen LogP contribution in [-0.2, 0) is 0 Å². The Labute approximate surface area is 111 Å². The predicted octanol–water partition coefficient (Wildman–Crippen LogP) is 2.95. The van der Waals surface area contributed by atoms with E-state index in [4.69, 9.17) is 0 Å². The molecule has 2 aromatic heterocycles. The van der Waals surface area contributed by atoms with Crippen LogP contribution < -0.4 is 0 Å². The molecule has 0 saturated carbocycles. The fourth-order valence-electron chi connectivity index (χ4n) is 1.77. The Hall–Kier alpha value is -2.70. The van der Waals surface area contributed by atoms with Gasteiger partial charge in [-0.3, -0.25) is 5.10 Å². The van der Waals surface area contributed by atoms with Gasteiger partial charge in [-0.1, -0.05) is 0 Å². The monoisotopic (exact) mass is 276 g/mol. The van der Waals surface area contributed by atoms with E-state index >= 15 is 0 Å². The van der Waals surface area contributed by atoms with Gasteiger partial charge in [0.25, 0.3) is 0 Å². The molecule has 0 unspecified atom stereocenters. The molecule has 0 aliphatic carbocycles. The van der Waals surface area contributed by atoms with Gasteiger partial charge in [0.05, 0.1) is 11.4 Å². The van der Waals surface area contributed by atoms with Crippen molar-refractivity contribution in [3.63, 3.8) is 0 Å². The Morgan fingerprint density at radius 3 is 2.45 bits per heavy atom. The maximum Gasteiger partial charge on any atom is 0.195 e. The molecule has 3 aromatic rings. The number of nitrogens with one attached hydrogen (secondary N) is 1. The highest BCUT2D eigenvalue weighted by atomic mass is 19.2. The van der Waals surface area contributed by atoms with Crippen molar-refractivity contribution in [1.82, 2.24) is 20.2 Å². The van der Waals surface area contributed by atoms with Gasteiger partial charge in [-0.15, -0.1) is 0 Å².